The van der Waals surface area contributed by atoms with Gasteiger partial charge in [0, 0.05) is 12.7 Å². The van der Waals surface area contributed by atoms with Crippen LogP contribution in [-0.4, -0.2) is 21.3 Å². The highest BCUT2D eigenvalue weighted by Gasteiger charge is 2.31. The van der Waals surface area contributed by atoms with Gasteiger partial charge < -0.3 is 5.32 Å². The van der Waals surface area contributed by atoms with Gasteiger partial charge in [0.1, 0.15) is 5.82 Å². The number of pyridine rings is 1. The molecule has 0 radical (unpaired) electrons. The lowest BCUT2D eigenvalue weighted by atomic mass is 10.2. The van der Waals surface area contributed by atoms with Gasteiger partial charge in [-0.15, -0.1) is 0 Å². The summed E-state index contributed by atoms with van der Waals surface area (Å²) in [6.45, 7) is 2.27. The Balaban J connectivity index is 2.51. The molecule has 0 atom stereocenters. The van der Waals surface area contributed by atoms with E-state index in [4.69, 9.17) is 0 Å². The fraction of sp³-hybridized carbons (Fsp3) is 0.273. The molecule has 0 spiro atoms. The van der Waals surface area contributed by atoms with Crippen molar-refractivity contribution in [3.8, 4) is 5.82 Å². The zero-order valence-corrected chi connectivity index (χ0v) is 11.5. The predicted molar refractivity (Wildman–Crippen MR) is 68.2 cm³/mol. The van der Waals surface area contributed by atoms with Crippen molar-refractivity contribution in [1.82, 2.24) is 14.8 Å². The molecule has 0 bridgehead atoms. The van der Waals surface area contributed by atoms with Crippen LogP contribution in [-0.2, 0) is 6.18 Å². The molecule has 102 valence electrons. The third-order valence-electron chi connectivity index (χ3n) is 2.28. The van der Waals surface area contributed by atoms with Crippen LogP contribution >= 0.6 is 15.9 Å². The molecular weight excluding hydrogens is 325 g/mol. The zero-order chi connectivity index (χ0) is 14.0. The van der Waals surface area contributed by atoms with Gasteiger partial charge in [-0.3, -0.25) is 0 Å². The van der Waals surface area contributed by atoms with E-state index in [0.29, 0.717) is 11.0 Å². The average molecular weight is 335 g/mol. The summed E-state index contributed by atoms with van der Waals surface area (Å²) in [6, 6.07) is 1.94. The molecule has 0 saturated heterocycles. The van der Waals surface area contributed by atoms with Crippen molar-refractivity contribution in [3.63, 3.8) is 0 Å². The molecule has 0 fully saturated rings. The number of rotatable bonds is 3. The van der Waals surface area contributed by atoms with Gasteiger partial charge in [-0.05, 0) is 35.0 Å². The highest BCUT2D eigenvalue weighted by Crippen LogP contribution is 2.31. The fourth-order valence-electron chi connectivity index (χ4n) is 1.49. The van der Waals surface area contributed by atoms with E-state index >= 15 is 0 Å². The number of aromatic nitrogens is 3. The minimum Gasteiger partial charge on any atom is -0.370 e. The highest BCUT2D eigenvalue weighted by molar-refractivity contribution is 9.10. The maximum Gasteiger partial charge on any atom is 0.416 e. The molecule has 8 heteroatoms. The van der Waals surface area contributed by atoms with Crippen molar-refractivity contribution in [3.05, 3.63) is 34.6 Å². The topological polar surface area (TPSA) is 42.7 Å². The first-order valence-corrected chi connectivity index (χ1v) is 6.23. The van der Waals surface area contributed by atoms with Crippen molar-refractivity contribution >= 4 is 21.7 Å². The molecule has 2 rings (SSSR count). The van der Waals surface area contributed by atoms with Crippen LogP contribution in [0, 0.1) is 0 Å². The summed E-state index contributed by atoms with van der Waals surface area (Å²) in [7, 11) is 0. The summed E-state index contributed by atoms with van der Waals surface area (Å²) in [5, 5.41) is 6.70. The van der Waals surface area contributed by atoms with Gasteiger partial charge in [0.25, 0.3) is 0 Å². The second-order valence-corrected chi connectivity index (χ2v) is 4.65. The largest absolute Gasteiger partial charge is 0.416 e. The van der Waals surface area contributed by atoms with Crippen molar-refractivity contribution in [2.45, 2.75) is 13.1 Å². The van der Waals surface area contributed by atoms with Crippen molar-refractivity contribution in [1.29, 1.82) is 0 Å². The van der Waals surface area contributed by atoms with E-state index in [-0.39, 0.29) is 11.6 Å². The van der Waals surface area contributed by atoms with Crippen molar-refractivity contribution in [2.24, 2.45) is 0 Å². The van der Waals surface area contributed by atoms with Gasteiger partial charge in [0.15, 0.2) is 5.82 Å². The minimum absolute atomic E-state index is 0.108. The number of alkyl halides is 3. The monoisotopic (exact) mass is 334 g/mol. The molecule has 0 aliphatic carbocycles. The predicted octanol–water partition coefficient (Wildman–Crippen LogP) is 3.48. The molecule has 1 N–H and O–H groups in total. The van der Waals surface area contributed by atoms with Crippen LogP contribution < -0.4 is 5.32 Å². The quantitative estimate of drug-likeness (QED) is 0.934. The molecule has 4 nitrogen and oxygen atoms in total. The third kappa shape index (κ3) is 3.25. The number of hydrogen-bond acceptors (Lipinski definition) is 3. The van der Waals surface area contributed by atoms with Crippen LogP contribution in [0.4, 0.5) is 19.0 Å². The lowest BCUT2D eigenvalue weighted by molar-refractivity contribution is -0.137. The van der Waals surface area contributed by atoms with Gasteiger partial charge in [-0.2, -0.15) is 18.3 Å². The lowest BCUT2D eigenvalue weighted by Crippen LogP contribution is -2.11. The molecule has 0 amide bonds. The summed E-state index contributed by atoms with van der Waals surface area (Å²) in [5.41, 5.74) is -0.764. The third-order valence-corrected chi connectivity index (χ3v) is 2.69. The average Bonchev–Trinajstić information content (AvgIpc) is 2.75. The van der Waals surface area contributed by atoms with Crippen LogP contribution in [0.15, 0.2) is 29.0 Å². The van der Waals surface area contributed by atoms with Gasteiger partial charge >= 0.3 is 6.18 Å². The Labute approximate surface area is 115 Å². The summed E-state index contributed by atoms with van der Waals surface area (Å²) in [4.78, 5) is 4.09. The first-order chi connectivity index (χ1) is 8.90. The Morgan fingerprint density at radius 3 is 2.63 bits per heavy atom. The second-order valence-electron chi connectivity index (χ2n) is 3.73. The summed E-state index contributed by atoms with van der Waals surface area (Å²) < 4.78 is 40.4. The molecule has 0 aliphatic rings. The first kappa shape index (κ1) is 13.9. The second kappa shape index (κ2) is 5.20. The smallest absolute Gasteiger partial charge is 0.370 e. The van der Waals surface area contributed by atoms with Gasteiger partial charge in [0.2, 0.25) is 0 Å². The Bertz CT molecular complexity index is 580. The van der Waals surface area contributed by atoms with Crippen LogP contribution in [0.5, 0.6) is 0 Å². The number of hydrogen-bond donors (Lipinski definition) is 1. The number of nitrogens with one attached hydrogen (secondary N) is 1. The van der Waals surface area contributed by atoms with E-state index in [2.05, 4.69) is 31.3 Å². The van der Waals surface area contributed by atoms with Crippen molar-refractivity contribution < 1.29 is 13.2 Å². The Hall–Kier alpha value is -1.57. The van der Waals surface area contributed by atoms with Crippen LogP contribution in [0.1, 0.15) is 12.5 Å². The highest BCUT2D eigenvalue weighted by atomic mass is 79.9. The van der Waals surface area contributed by atoms with E-state index < -0.39 is 11.7 Å². The summed E-state index contributed by atoms with van der Waals surface area (Å²) in [5.74, 6) is 0.274. The Morgan fingerprint density at radius 2 is 2.11 bits per heavy atom. The number of halogens is 4. The summed E-state index contributed by atoms with van der Waals surface area (Å²) >= 11 is 3.19. The van der Waals surface area contributed by atoms with E-state index in [0.717, 1.165) is 12.1 Å². The lowest BCUT2D eigenvalue weighted by Gasteiger charge is -2.11. The normalized spacial score (nSPS) is 11.6. The van der Waals surface area contributed by atoms with Gasteiger partial charge in [-0.25, -0.2) is 9.67 Å². The molecule has 2 heterocycles. The molecule has 19 heavy (non-hydrogen) atoms. The van der Waals surface area contributed by atoms with E-state index in [9.17, 15) is 13.2 Å². The Morgan fingerprint density at radius 1 is 1.37 bits per heavy atom. The zero-order valence-electron chi connectivity index (χ0n) is 9.87. The fourth-order valence-corrected chi connectivity index (χ4v) is 1.78. The maximum atomic E-state index is 12.8. The van der Waals surface area contributed by atoms with Gasteiger partial charge in [0.05, 0.1) is 16.2 Å². The molecule has 0 unspecified atom stereocenters. The minimum atomic E-state index is -4.42. The Kier molecular flexibility index (Phi) is 3.79. The number of nitrogens with zero attached hydrogens (tertiary/aromatic N) is 3. The molecule has 0 saturated carbocycles. The van der Waals surface area contributed by atoms with E-state index in [1.54, 1.807) is 6.92 Å². The molecule has 2 aromatic heterocycles. The van der Waals surface area contributed by atoms with Crippen molar-refractivity contribution in [2.75, 3.05) is 11.9 Å². The van der Waals surface area contributed by atoms with Crippen LogP contribution in [0.3, 0.4) is 0 Å². The van der Waals surface area contributed by atoms with E-state index in [1.807, 2.05) is 0 Å². The maximum absolute atomic E-state index is 12.8. The molecular formula is C11H10BrF3N4. The van der Waals surface area contributed by atoms with E-state index in [1.165, 1.54) is 17.1 Å². The SMILES string of the molecule is CCNc1cc(C(F)(F)F)cc(-n2cc(Br)cn2)n1. The summed E-state index contributed by atoms with van der Waals surface area (Å²) in [6.07, 6.45) is -1.40. The van der Waals surface area contributed by atoms with Gasteiger partial charge in [-0.1, -0.05) is 0 Å². The molecule has 2 aromatic rings. The molecule has 0 aliphatic heterocycles. The first-order valence-electron chi connectivity index (χ1n) is 5.44. The van der Waals surface area contributed by atoms with Crippen LogP contribution in [0.2, 0.25) is 0 Å². The molecule has 0 aromatic carbocycles. The van der Waals surface area contributed by atoms with Crippen LogP contribution in [0.25, 0.3) is 5.82 Å². The standard InChI is InChI=1S/C11H10BrF3N4/c1-2-16-9-3-7(11(13,14)15)4-10(18-9)19-6-8(12)5-17-19/h3-6H,2H2,1H3,(H,16,18). The number of anilines is 1.